The number of ether oxygens (including phenoxy) is 1. The highest BCUT2D eigenvalue weighted by molar-refractivity contribution is 5.94. The van der Waals surface area contributed by atoms with Crippen molar-refractivity contribution in [2.75, 3.05) is 6.61 Å². The summed E-state index contributed by atoms with van der Waals surface area (Å²) in [5.74, 6) is -0.758. The zero-order valence-electron chi connectivity index (χ0n) is 14.0. The van der Waals surface area contributed by atoms with Crippen LogP contribution in [0, 0.1) is 0 Å². The molecule has 6 heteroatoms. The summed E-state index contributed by atoms with van der Waals surface area (Å²) in [5.41, 5.74) is 0.613. The standard InChI is InChI=1S/C18H23NO5/c1-3-4-6-16(18(22)23)19-17(21)7-5-12-24-15-10-8-14(9-11-15)13(2)20/h3-4,8-11,16H,5-7,12H2,1-2H3,(H,19,21)(H,22,23)/b4-3+. The van der Waals surface area contributed by atoms with Crippen molar-refractivity contribution in [3.63, 3.8) is 0 Å². The largest absolute Gasteiger partial charge is 0.494 e. The first kappa shape index (κ1) is 19.4. The van der Waals surface area contributed by atoms with Crippen LogP contribution < -0.4 is 10.1 Å². The number of aliphatic carboxylic acids is 1. The van der Waals surface area contributed by atoms with Gasteiger partial charge in [0.2, 0.25) is 5.91 Å². The van der Waals surface area contributed by atoms with Crippen molar-refractivity contribution in [1.29, 1.82) is 0 Å². The maximum Gasteiger partial charge on any atom is 0.326 e. The second kappa shape index (κ2) is 10.2. The van der Waals surface area contributed by atoms with Crippen molar-refractivity contribution in [2.45, 2.75) is 39.2 Å². The molecule has 0 aliphatic heterocycles. The van der Waals surface area contributed by atoms with Crippen molar-refractivity contribution in [2.24, 2.45) is 0 Å². The summed E-state index contributed by atoms with van der Waals surface area (Å²) in [6, 6.07) is 5.86. The SMILES string of the molecule is C/C=C/CC(NC(=O)CCCOc1ccc(C(C)=O)cc1)C(=O)O. The molecule has 1 atom stereocenters. The fourth-order valence-corrected chi connectivity index (χ4v) is 1.97. The molecule has 0 aliphatic carbocycles. The van der Waals surface area contributed by atoms with Gasteiger partial charge in [0.15, 0.2) is 5.78 Å². The van der Waals surface area contributed by atoms with E-state index in [2.05, 4.69) is 5.32 Å². The van der Waals surface area contributed by atoms with E-state index in [-0.39, 0.29) is 24.5 Å². The van der Waals surface area contributed by atoms with Crippen LogP contribution in [-0.4, -0.2) is 35.4 Å². The van der Waals surface area contributed by atoms with E-state index in [9.17, 15) is 14.4 Å². The summed E-state index contributed by atoms with van der Waals surface area (Å²) >= 11 is 0. The molecule has 0 spiro atoms. The predicted octanol–water partition coefficient (Wildman–Crippen LogP) is 2.58. The zero-order chi connectivity index (χ0) is 17.9. The first-order valence-corrected chi connectivity index (χ1v) is 7.81. The summed E-state index contributed by atoms with van der Waals surface area (Å²) in [5, 5.41) is 11.5. The number of carboxylic acid groups (broad SMARTS) is 1. The van der Waals surface area contributed by atoms with Gasteiger partial charge >= 0.3 is 5.97 Å². The number of hydrogen-bond acceptors (Lipinski definition) is 4. The molecule has 1 aromatic carbocycles. The number of ketones is 1. The van der Waals surface area contributed by atoms with Gasteiger partial charge in [0.1, 0.15) is 11.8 Å². The molecule has 2 N–H and O–H groups in total. The predicted molar refractivity (Wildman–Crippen MR) is 90.2 cm³/mol. The Hall–Kier alpha value is -2.63. The number of Topliss-reactive ketones (excluding diaryl/α,β-unsaturated/α-hetero) is 1. The number of allylic oxidation sites excluding steroid dienone is 1. The van der Waals surface area contributed by atoms with E-state index in [1.165, 1.54) is 6.92 Å². The number of benzene rings is 1. The molecule has 0 bridgehead atoms. The van der Waals surface area contributed by atoms with Crippen LogP contribution in [0.1, 0.15) is 43.5 Å². The number of carbonyl (C=O) groups is 3. The van der Waals surface area contributed by atoms with E-state index in [0.29, 0.717) is 24.3 Å². The van der Waals surface area contributed by atoms with Crippen LogP contribution in [0.5, 0.6) is 5.75 Å². The number of hydrogen-bond donors (Lipinski definition) is 2. The minimum absolute atomic E-state index is 0.0101. The Balaban J connectivity index is 2.32. The zero-order valence-corrected chi connectivity index (χ0v) is 14.0. The van der Waals surface area contributed by atoms with Gasteiger partial charge in [0, 0.05) is 12.0 Å². The van der Waals surface area contributed by atoms with E-state index in [1.54, 1.807) is 43.3 Å². The van der Waals surface area contributed by atoms with Crippen molar-refractivity contribution in [1.82, 2.24) is 5.32 Å². The van der Waals surface area contributed by atoms with Crippen LogP contribution in [0.4, 0.5) is 0 Å². The topological polar surface area (TPSA) is 92.7 Å². The summed E-state index contributed by atoms with van der Waals surface area (Å²) in [7, 11) is 0. The van der Waals surface area contributed by atoms with E-state index >= 15 is 0 Å². The highest BCUT2D eigenvalue weighted by Crippen LogP contribution is 2.13. The first-order valence-electron chi connectivity index (χ1n) is 7.81. The molecular weight excluding hydrogens is 310 g/mol. The minimum Gasteiger partial charge on any atom is -0.494 e. The lowest BCUT2D eigenvalue weighted by Gasteiger charge is -2.12. The van der Waals surface area contributed by atoms with Gasteiger partial charge in [0.25, 0.3) is 0 Å². The third kappa shape index (κ3) is 7.09. The number of amides is 1. The Bertz CT molecular complexity index is 592. The fraction of sp³-hybridized carbons (Fsp3) is 0.389. The number of carbonyl (C=O) groups excluding carboxylic acids is 2. The number of carboxylic acids is 1. The lowest BCUT2D eigenvalue weighted by molar-refractivity contribution is -0.141. The van der Waals surface area contributed by atoms with Gasteiger partial charge in [-0.05, 0) is 51.0 Å². The van der Waals surface area contributed by atoms with Gasteiger partial charge < -0.3 is 15.2 Å². The average molecular weight is 333 g/mol. The molecule has 0 saturated heterocycles. The van der Waals surface area contributed by atoms with Gasteiger partial charge in [-0.15, -0.1) is 0 Å². The number of rotatable bonds is 10. The van der Waals surface area contributed by atoms with Gasteiger partial charge in [-0.3, -0.25) is 9.59 Å². The maximum atomic E-state index is 11.8. The highest BCUT2D eigenvalue weighted by Gasteiger charge is 2.17. The summed E-state index contributed by atoms with van der Waals surface area (Å²) in [6.45, 7) is 3.62. The average Bonchev–Trinajstić information content (AvgIpc) is 2.55. The molecule has 0 radical (unpaired) electrons. The monoisotopic (exact) mass is 333 g/mol. The van der Waals surface area contributed by atoms with Gasteiger partial charge in [-0.1, -0.05) is 12.2 Å². The van der Waals surface area contributed by atoms with Crippen molar-refractivity contribution in [3.05, 3.63) is 42.0 Å². The molecule has 0 heterocycles. The lowest BCUT2D eigenvalue weighted by atomic mass is 10.1. The van der Waals surface area contributed by atoms with Crippen LogP contribution >= 0.6 is 0 Å². The Morgan fingerprint density at radius 2 is 1.92 bits per heavy atom. The molecule has 0 aliphatic rings. The molecule has 1 aromatic rings. The Kier molecular flexibility index (Phi) is 8.25. The van der Waals surface area contributed by atoms with Crippen molar-refractivity contribution < 1.29 is 24.2 Å². The third-order valence-corrected chi connectivity index (χ3v) is 3.32. The molecule has 0 aromatic heterocycles. The van der Waals surface area contributed by atoms with Crippen LogP contribution in [0.25, 0.3) is 0 Å². The Labute approximate surface area is 141 Å². The first-order chi connectivity index (χ1) is 11.4. The summed E-state index contributed by atoms with van der Waals surface area (Å²) in [4.78, 5) is 34.0. The second-order valence-corrected chi connectivity index (χ2v) is 5.30. The minimum atomic E-state index is -1.05. The maximum absolute atomic E-state index is 11.8. The molecule has 1 unspecified atom stereocenters. The lowest BCUT2D eigenvalue weighted by Crippen LogP contribution is -2.40. The smallest absolute Gasteiger partial charge is 0.326 e. The molecule has 1 amide bonds. The molecule has 6 nitrogen and oxygen atoms in total. The Morgan fingerprint density at radius 3 is 2.46 bits per heavy atom. The van der Waals surface area contributed by atoms with Crippen LogP contribution in [0.3, 0.4) is 0 Å². The normalized spacial score (nSPS) is 11.9. The Morgan fingerprint density at radius 1 is 1.25 bits per heavy atom. The molecular formula is C18H23NO5. The van der Waals surface area contributed by atoms with Crippen LogP contribution in [0.2, 0.25) is 0 Å². The van der Waals surface area contributed by atoms with E-state index < -0.39 is 12.0 Å². The fourth-order valence-electron chi connectivity index (χ4n) is 1.97. The quantitative estimate of drug-likeness (QED) is 0.390. The number of nitrogens with one attached hydrogen (secondary N) is 1. The summed E-state index contributed by atoms with van der Waals surface area (Å²) < 4.78 is 5.49. The van der Waals surface area contributed by atoms with Crippen LogP contribution in [-0.2, 0) is 9.59 Å². The summed E-state index contributed by atoms with van der Waals surface area (Å²) in [6.07, 6.45) is 4.36. The van der Waals surface area contributed by atoms with E-state index in [4.69, 9.17) is 9.84 Å². The molecule has 0 saturated carbocycles. The van der Waals surface area contributed by atoms with Crippen LogP contribution in [0.15, 0.2) is 36.4 Å². The second-order valence-electron chi connectivity index (χ2n) is 5.30. The molecule has 0 fully saturated rings. The van der Waals surface area contributed by atoms with Gasteiger partial charge in [-0.25, -0.2) is 4.79 Å². The molecule has 1 rings (SSSR count). The van der Waals surface area contributed by atoms with Crippen molar-refractivity contribution >= 4 is 17.7 Å². The van der Waals surface area contributed by atoms with E-state index in [0.717, 1.165) is 0 Å². The van der Waals surface area contributed by atoms with Crippen molar-refractivity contribution in [3.8, 4) is 5.75 Å². The van der Waals surface area contributed by atoms with Gasteiger partial charge in [-0.2, -0.15) is 0 Å². The molecule has 24 heavy (non-hydrogen) atoms. The highest BCUT2D eigenvalue weighted by atomic mass is 16.5. The third-order valence-electron chi connectivity index (χ3n) is 3.32. The van der Waals surface area contributed by atoms with E-state index in [1.807, 2.05) is 0 Å². The molecule has 130 valence electrons. The van der Waals surface area contributed by atoms with Gasteiger partial charge in [0.05, 0.1) is 6.61 Å².